The van der Waals surface area contributed by atoms with Gasteiger partial charge in [0.05, 0.1) is 0 Å². The molecule has 2 heteroatoms. The van der Waals surface area contributed by atoms with Crippen molar-refractivity contribution < 1.29 is 4.79 Å². The molecule has 1 amide bonds. The smallest absolute Gasteiger partial charge is 0.220 e. The van der Waals surface area contributed by atoms with Crippen molar-refractivity contribution in [2.45, 2.75) is 19.8 Å². The van der Waals surface area contributed by atoms with Crippen LogP contribution in [0.5, 0.6) is 0 Å². The summed E-state index contributed by atoms with van der Waals surface area (Å²) in [4.78, 5) is 10.7. The topological polar surface area (TPSA) is 29.1 Å². The van der Waals surface area contributed by atoms with Crippen molar-refractivity contribution in [2.24, 2.45) is 0 Å². The molecule has 50 valence electrons. The third-order valence-electron chi connectivity index (χ3n) is 1.50. The molecule has 0 fully saturated rings. The predicted molar refractivity (Wildman–Crippen MR) is 36.0 cm³/mol. The Morgan fingerprint density at radius 3 is 3.11 bits per heavy atom. The van der Waals surface area contributed by atoms with Crippen molar-refractivity contribution in [3.8, 4) is 0 Å². The Morgan fingerprint density at radius 2 is 2.33 bits per heavy atom. The number of hydrogen-bond donors (Lipinski definition) is 1. The van der Waals surface area contributed by atoms with Gasteiger partial charge in [-0.05, 0) is 13.3 Å². The second-order valence-electron chi connectivity index (χ2n) is 2.35. The lowest BCUT2D eigenvalue weighted by Crippen LogP contribution is -2.20. The number of hydrogen-bond acceptors (Lipinski definition) is 1. The zero-order chi connectivity index (χ0) is 6.69. The minimum atomic E-state index is 0.170. The molecule has 0 aromatic rings. The van der Waals surface area contributed by atoms with Crippen LogP contribution in [-0.4, -0.2) is 12.5 Å². The third-order valence-corrected chi connectivity index (χ3v) is 1.50. The van der Waals surface area contributed by atoms with Gasteiger partial charge in [-0.25, -0.2) is 0 Å². The van der Waals surface area contributed by atoms with Crippen molar-refractivity contribution >= 4 is 5.91 Å². The van der Waals surface area contributed by atoms with Gasteiger partial charge in [0, 0.05) is 13.0 Å². The third kappa shape index (κ3) is 1.88. The number of amides is 1. The average molecular weight is 125 g/mol. The van der Waals surface area contributed by atoms with E-state index in [9.17, 15) is 4.79 Å². The highest BCUT2D eigenvalue weighted by Crippen LogP contribution is 2.05. The summed E-state index contributed by atoms with van der Waals surface area (Å²) in [5.74, 6) is 0.170. The Kier molecular flexibility index (Phi) is 1.88. The van der Waals surface area contributed by atoms with Crippen LogP contribution in [0.25, 0.3) is 0 Å². The van der Waals surface area contributed by atoms with Crippen LogP contribution in [0.15, 0.2) is 11.6 Å². The van der Waals surface area contributed by atoms with Crippen LogP contribution in [0.2, 0.25) is 0 Å². The number of rotatable bonds is 0. The molecule has 1 rings (SSSR count). The van der Waals surface area contributed by atoms with Crippen LogP contribution < -0.4 is 5.32 Å². The second kappa shape index (κ2) is 2.67. The first-order valence-corrected chi connectivity index (χ1v) is 3.21. The SMILES string of the molecule is CC1=CCNC(=O)CC1. The first kappa shape index (κ1) is 6.33. The molecule has 0 bridgehead atoms. The number of allylic oxidation sites excluding steroid dienone is 1. The Labute approximate surface area is 54.9 Å². The number of nitrogens with one attached hydrogen (secondary N) is 1. The summed E-state index contributed by atoms with van der Waals surface area (Å²) in [7, 11) is 0. The normalized spacial score (nSPS) is 20.1. The maximum atomic E-state index is 10.7. The van der Waals surface area contributed by atoms with Crippen LogP contribution in [0, 0.1) is 0 Å². The molecule has 0 aliphatic carbocycles. The molecular weight excluding hydrogens is 114 g/mol. The fourth-order valence-corrected chi connectivity index (χ4v) is 0.840. The van der Waals surface area contributed by atoms with Crippen molar-refractivity contribution in [3.63, 3.8) is 0 Å². The van der Waals surface area contributed by atoms with Gasteiger partial charge in [0.25, 0.3) is 0 Å². The standard InChI is InChI=1S/C7H11NO/c1-6-2-3-7(9)8-5-4-6/h4H,2-3,5H2,1H3,(H,8,9). The van der Waals surface area contributed by atoms with E-state index in [1.807, 2.05) is 0 Å². The molecule has 1 N–H and O–H groups in total. The quantitative estimate of drug-likeness (QED) is 0.477. The summed E-state index contributed by atoms with van der Waals surface area (Å²) in [6.07, 6.45) is 3.64. The van der Waals surface area contributed by atoms with Crippen LogP contribution in [-0.2, 0) is 4.79 Å². The first-order valence-electron chi connectivity index (χ1n) is 3.21. The summed E-state index contributed by atoms with van der Waals surface area (Å²) in [5, 5.41) is 2.76. The highest BCUT2D eigenvalue weighted by molar-refractivity contribution is 5.76. The lowest BCUT2D eigenvalue weighted by Gasteiger charge is -1.93. The lowest BCUT2D eigenvalue weighted by molar-refractivity contribution is -0.120. The fourth-order valence-electron chi connectivity index (χ4n) is 0.840. The van der Waals surface area contributed by atoms with E-state index < -0.39 is 0 Å². The minimum Gasteiger partial charge on any atom is -0.353 e. The van der Waals surface area contributed by atoms with Crippen LogP contribution in [0.1, 0.15) is 19.8 Å². The van der Waals surface area contributed by atoms with Crippen molar-refractivity contribution in [1.82, 2.24) is 5.32 Å². The highest BCUT2D eigenvalue weighted by atomic mass is 16.1. The lowest BCUT2D eigenvalue weighted by atomic mass is 10.2. The molecule has 0 saturated carbocycles. The van der Waals surface area contributed by atoms with Crippen molar-refractivity contribution in [3.05, 3.63) is 11.6 Å². The molecule has 1 aliphatic heterocycles. The molecule has 1 aliphatic rings. The minimum absolute atomic E-state index is 0.170. The van der Waals surface area contributed by atoms with E-state index in [-0.39, 0.29) is 5.91 Å². The molecule has 0 atom stereocenters. The Hall–Kier alpha value is -0.790. The predicted octanol–water partition coefficient (Wildman–Crippen LogP) is 0.843. The maximum Gasteiger partial charge on any atom is 0.220 e. The molecular formula is C7H11NO. The molecule has 0 saturated heterocycles. The summed E-state index contributed by atoms with van der Waals surface area (Å²) in [6.45, 7) is 2.77. The number of carbonyl (C=O) groups excluding carboxylic acids is 1. The van der Waals surface area contributed by atoms with Gasteiger partial charge in [-0.3, -0.25) is 4.79 Å². The largest absolute Gasteiger partial charge is 0.353 e. The zero-order valence-corrected chi connectivity index (χ0v) is 5.61. The van der Waals surface area contributed by atoms with E-state index in [4.69, 9.17) is 0 Å². The molecule has 0 radical (unpaired) electrons. The van der Waals surface area contributed by atoms with Crippen molar-refractivity contribution in [1.29, 1.82) is 0 Å². The van der Waals surface area contributed by atoms with E-state index in [2.05, 4.69) is 18.3 Å². The maximum absolute atomic E-state index is 10.7. The molecule has 9 heavy (non-hydrogen) atoms. The highest BCUT2D eigenvalue weighted by Gasteiger charge is 2.03. The zero-order valence-electron chi connectivity index (χ0n) is 5.61. The van der Waals surface area contributed by atoms with Gasteiger partial charge in [-0.2, -0.15) is 0 Å². The van der Waals surface area contributed by atoms with Gasteiger partial charge in [0.15, 0.2) is 0 Å². The van der Waals surface area contributed by atoms with E-state index in [1.165, 1.54) is 5.57 Å². The molecule has 0 spiro atoms. The Bertz CT molecular complexity index is 149. The van der Waals surface area contributed by atoms with Gasteiger partial charge in [-0.15, -0.1) is 0 Å². The van der Waals surface area contributed by atoms with E-state index in [0.29, 0.717) is 13.0 Å². The molecule has 1 heterocycles. The second-order valence-corrected chi connectivity index (χ2v) is 2.35. The average Bonchev–Trinajstić information content (AvgIpc) is 1.97. The van der Waals surface area contributed by atoms with Gasteiger partial charge in [0.2, 0.25) is 5.91 Å². The van der Waals surface area contributed by atoms with Crippen LogP contribution in [0.3, 0.4) is 0 Å². The van der Waals surface area contributed by atoms with E-state index >= 15 is 0 Å². The summed E-state index contributed by atoms with van der Waals surface area (Å²) < 4.78 is 0. The summed E-state index contributed by atoms with van der Waals surface area (Å²) >= 11 is 0. The van der Waals surface area contributed by atoms with Gasteiger partial charge < -0.3 is 5.32 Å². The molecule has 0 aromatic carbocycles. The van der Waals surface area contributed by atoms with E-state index in [1.54, 1.807) is 0 Å². The van der Waals surface area contributed by atoms with Gasteiger partial charge in [-0.1, -0.05) is 11.6 Å². The molecule has 2 nitrogen and oxygen atoms in total. The fraction of sp³-hybridized carbons (Fsp3) is 0.571. The van der Waals surface area contributed by atoms with Gasteiger partial charge >= 0.3 is 0 Å². The summed E-state index contributed by atoms with van der Waals surface area (Å²) in [5.41, 5.74) is 1.31. The Balaban J connectivity index is 2.48. The van der Waals surface area contributed by atoms with Crippen LogP contribution in [0.4, 0.5) is 0 Å². The molecule has 0 aromatic heterocycles. The first-order chi connectivity index (χ1) is 4.29. The van der Waals surface area contributed by atoms with E-state index in [0.717, 1.165) is 6.42 Å². The van der Waals surface area contributed by atoms with Crippen LogP contribution >= 0.6 is 0 Å². The van der Waals surface area contributed by atoms with Crippen molar-refractivity contribution in [2.75, 3.05) is 6.54 Å². The molecule has 0 unspecified atom stereocenters. The summed E-state index contributed by atoms with van der Waals surface area (Å²) in [6, 6.07) is 0. The number of carbonyl (C=O) groups is 1. The monoisotopic (exact) mass is 125 g/mol. The van der Waals surface area contributed by atoms with Gasteiger partial charge in [0.1, 0.15) is 0 Å². The Morgan fingerprint density at radius 1 is 1.56 bits per heavy atom.